The Labute approximate surface area is 79.3 Å². The van der Waals surface area contributed by atoms with Crippen molar-refractivity contribution in [2.75, 3.05) is 0 Å². The van der Waals surface area contributed by atoms with Crippen molar-refractivity contribution >= 4 is 17.4 Å². The van der Waals surface area contributed by atoms with Gasteiger partial charge in [-0.25, -0.2) is 8.78 Å². The third kappa shape index (κ3) is 2.49. The number of carbonyl (C=O) groups excluding carboxylic acids is 1. The fourth-order valence-corrected chi connectivity index (χ4v) is 1.05. The molecule has 4 heteroatoms. The van der Waals surface area contributed by atoms with E-state index in [1.54, 1.807) is 0 Å². The van der Waals surface area contributed by atoms with Crippen LogP contribution in [0.25, 0.3) is 0 Å². The number of ketones is 1. The average Bonchev–Trinajstić information content (AvgIpc) is 2.01. The van der Waals surface area contributed by atoms with Gasteiger partial charge in [0.2, 0.25) is 0 Å². The topological polar surface area (TPSA) is 17.1 Å². The van der Waals surface area contributed by atoms with Gasteiger partial charge in [-0.15, -0.1) is 11.6 Å². The number of rotatable bonds is 2. The van der Waals surface area contributed by atoms with E-state index in [9.17, 15) is 13.6 Å². The second-order valence-corrected chi connectivity index (χ2v) is 3.29. The Morgan fingerprint density at radius 1 is 1.31 bits per heavy atom. The van der Waals surface area contributed by atoms with Crippen molar-refractivity contribution in [2.45, 2.75) is 12.3 Å². The summed E-state index contributed by atoms with van der Waals surface area (Å²) >= 11 is 5.47. The number of benzene rings is 1. The molecule has 0 aliphatic rings. The van der Waals surface area contributed by atoms with Gasteiger partial charge >= 0.3 is 0 Å². The van der Waals surface area contributed by atoms with E-state index in [4.69, 9.17) is 11.6 Å². The third-order valence-electron chi connectivity index (χ3n) is 1.51. The summed E-state index contributed by atoms with van der Waals surface area (Å²) < 4.78 is 25.2. The SMILES string of the molecule is CC(Cl)C(=O)c1cc(F)cc(F)c1. The summed E-state index contributed by atoms with van der Waals surface area (Å²) in [6, 6.07) is 2.63. The molecule has 0 fully saturated rings. The molecule has 1 rings (SSSR count). The minimum absolute atomic E-state index is 0.0417. The van der Waals surface area contributed by atoms with Crippen LogP contribution in [0.2, 0.25) is 0 Å². The first-order chi connectivity index (χ1) is 6.00. The predicted molar refractivity (Wildman–Crippen MR) is 46.0 cm³/mol. The van der Waals surface area contributed by atoms with Crippen molar-refractivity contribution in [1.29, 1.82) is 0 Å². The van der Waals surface area contributed by atoms with Gasteiger partial charge in [0.25, 0.3) is 0 Å². The lowest BCUT2D eigenvalue weighted by molar-refractivity contribution is 0.0991. The summed E-state index contributed by atoms with van der Waals surface area (Å²) in [5.74, 6) is -2.04. The highest BCUT2D eigenvalue weighted by atomic mass is 35.5. The average molecular weight is 205 g/mol. The lowest BCUT2D eigenvalue weighted by Gasteiger charge is -2.02. The van der Waals surface area contributed by atoms with Crippen LogP contribution in [0.3, 0.4) is 0 Å². The molecule has 1 aromatic carbocycles. The Balaban J connectivity index is 3.08. The normalized spacial score (nSPS) is 12.6. The third-order valence-corrected chi connectivity index (χ3v) is 1.71. The molecule has 1 atom stereocenters. The molecule has 0 aliphatic carbocycles. The lowest BCUT2D eigenvalue weighted by Crippen LogP contribution is -2.10. The van der Waals surface area contributed by atoms with Gasteiger partial charge in [-0.05, 0) is 19.1 Å². The van der Waals surface area contributed by atoms with E-state index in [1.807, 2.05) is 0 Å². The molecule has 1 unspecified atom stereocenters. The van der Waals surface area contributed by atoms with Crippen molar-refractivity contribution < 1.29 is 13.6 Å². The number of halogens is 3. The van der Waals surface area contributed by atoms with Crippen LogP contribution < -0.4 is 0 Å². The van der Waals surface area contributed by atoms with Crippen molar-refractivity contribution in [3.05, 3.63) is 35.4 Å². The summed E-state index contributed by atoms with van der Waals surface area (Å²) in [6.45, 7) is 1.45. The smallest absolute Gasteiger partial charge is 0.180 e. The van der Waals surface area contributed by atoms with Gasteiger partial charge in [0, 0.05) is 11.6 Å². The van der Waals surface area contributed by atoms with Gasteiger partial charge in [0.1, 0.15) is 11.6 Å². The molecule has 70 valence electrons. The number of hydrogen-bond acceptors (Lipinski definition) is 1. The second-order valence-electron chi connectivity index (χ2n) is 2.64. The summed E-state index contributed by atoms with van der Waals surface area (Å²) in [6.07, 6.45) is 0. The molecular formula is C9H7ClF2O. The zero-order chi connectivity index (χ0) is 10.0. The molecule has 0 aromatic heterocycles. The van der Waals surface area contributed by atoms with E-state index in [-0.39, 0.29) is 5.56 Å². The van der Waals surface area contributed by atoms with E-state index in [2.05, 4.69) is 0 Å². The Morgan fingerprint density at radius 3 is 2.15 bits per heavy atom. The molecule has 0 amide bonds. The van der Waals surface area contributed by atoms with Gasteiger partial charge in [0.15, 0.2) is 5.78 Å². The minimum atomic E-state index is -0.777. The molecule has 0 spiro atoms. The number of carbonyl (C=O) groups is 1. The monoisotopic (exact) mass is 204 g/mol. The molecule has 0 radical (unpaired) electrons. The Kier molecular flexibility index (Phi) is 2.98. The maximum Gasteiger partial charge on any atom is 0.180 e. The van der Waals surface area contributed by atoms with Crippen molar-refractivity contribution in [1.82, 2.24) is 0 Å². The fraction of sp³-hybridized carbons (Fsp3) is 0.222. The fourth-order valence-electron chi connectivity index (χ4n) is 0.926. The molecule has 1 nitrogen and oxygen atoms in total. The Bertz CT molecular complexity index is 316. The number of hydrogen-bond donors (Lipinski definition) is 0. The molecular weight excluding hydrogens is 198 g/mol. The van der Waals surface area contributed by atoms with Crippen molar-refractivity contribution in [3.8, 4) is 0 Å². The van der Waals surface area contributed by atoms with E-state index in [0.717, 1.165) is 12.1 Å². The van der Waals surface area contributed by atoms with E-state index in [1.165, 1.54) is 6.92 Å². The van der Waals surface area contributed by atoms with Crippen LogP contribution in [0, 0.1) is 11.6 Å². The summed E-state index contributed by atoms with van der Waals surface area (Å²) in [5.41, 5.74) is -0.0417. The van der Waals surface area contributed by atoms with Crippen LogP contribution in [0.4, 0.5) is 8.78 Å². The molecule has 13 heavy (non-hydrogen) atoms. The van der Waals surface area contributed by atoms with Gasteiger partial charge in [-0.3, -0.25) is 4.79 Å². The minimum Gasteiger partial charge on any atom is -0.293 e. The number of alkyl halides is 1. The summed E-state index contributed by atoms with van der Waals surface area (Å²) in [7, 11) is 0. The maximum atomic E-state index is 12.6. The van der Waals surface area contributed by atoms with Gasteiger partial charge in [0.05, 0.1) is 5.38 Å². The molecule has 0 aliphatic heterocycles. The first-order valence-electron chi connectivity index (χ1n) is 3.65. The molecule has 0 bridgehead atoms. The zero-order valence-corrected chi connectivity index (χ0v) is 7.61. The second kappa shape index (κ2) is 3.83. The largest absolute Gasteiger partial charge is 0.293 e. The highest BCUT2D eigenvalue weighted by Crippen LogP contribution is 2.12. The van der Waals surface area contributed by atoms with Crippen LogP contribution in [-0.4, -0.2) is 11.2 Å². The van der Waals surface area contributed by atoms with Gasteiger partial charge < -0.3 is 0 Å². The predicted octanol–water partition coefficient (Wildman–Crippen LogP) is 2.77. The van der Waals surface area contributed by atoms with Crippen LogP contribution in [0.15, 0.2) is 18.2 Å². The van der Waals surface area contributed by atoms with Crippen LogP contribution in [-0.2, 0) is 0 Å². The molecule has 0 saturated carbocycles. The first-order valence-corrected chi connectivity index (χ1v) is 4.08. The summed E-state index contributed by atoms with van der Waals surface area (Å²) in [5, 5.41) is -0.777. The molecule has 0 heterocycles. The van der Waals surface area contributed by atoms with Gasteiger partial charge in [-0.2, -0.15) is 0 Å². The van der Waals surface area contributed by atoms with E-state index >= 15 is 0 Å². The maximum absolute atomic E-state index is 12.6. The van der Waals surface area contributed by atoms with Crippen molar-refractivity contribution in [2.24, 2.45) is 0 Å². The Hall–Kier alpha value is -0.960. The van der Waals surface area contributed by atoms with E-state index < -0.39 is 22.8 Å². The van der Waals surface area contributed by atoms with Crippen LogP contribution in [0.5, 0.6) is 0 Å². The number of Topliss-reactive ketones (excluding diaryl/α,β-unsaturated/α-hetero) is 1. The molecule has 0 saturated heterocycles. The molecule has 1 aromatic rings. The zero-order valence-electron chi connectivity index (χ0n) is 6.85. The highest BCUT2D eigenvalue weighted by Gasteiger charge is 2.13. The quantitative estimate of drug-likeness (QED) is 0.535. The summed E-state index contributed by atoms with van der Waals surface area (Å²) in [4.78, 5) is 11.2. The molecule has 0 N–H and O–H groups in total. The standard InChI is InChI=1S/C9H7ClF2O/c1-5(10)9(13)6-2-7(11)4-8(12)3-6/h2-5H,1H3. The highest BCUT2D eigenvalue weighted by molar-refractivity contribution is 6.33. The van der Waals surface area contributed by atoms with Crippen molar-refractivity contribution in [3.63, 3.8) is 0 Å². The first kappa shape index (κ1) is 10.1. The van der Waals surface area contributed by atoms with Gasteiger partial charge in [-0.1, -0.05) is 0 Å². The van der Waals surface area contributed by atoms with Crippen LogP contribution >= 0.6 is 11.6 Å². The van der Waals surface area contributed by atoms with E-state index in [0.29, 0.717) is 6.07 Å². The van der Waals surface area contributed by atoms with Crippen LogP contribution in [0.1, 0.15) is 17.3 Å². The Morgan fingerprint density at radius 2 is 1.77 bits per heavy atom. The lowest BCUT2D eigenvalue weighted by atomic mass is 10.1.